The molecule has 6 heteroatoms. The molecule has 0 spiro atoms. The van der Waals surface area contributed by atoms with Crippen LogP contribution in [0.2, 0.25) is 0 Å². The first-order chi connectivity index (χ1) is 10.4. The number of aliphatic imine (C=N–C) groups is 1. The number of aliphatic hydroxyl groups is 1. The molecule has 0 aliphatic carbocycles. The molecule has 0 amide bonds. The summed E-state index contributed by atoms with van der Waals surface area (Å²) in [5, 5.41) is 17.1. The third kappa shape index (κ3) is 7.39. The lowest BCUT2D eigenvalue weighted by molar-refractivity contribution is 0.0657. The van der Waals surface area contributed by atoms with Gasteiger partial charge < -0.3 is 20.2 Å². The third-order valence-electron chi connectivity index (χ3n) is 3.35. The molecule has 0 bridgehead atoms. The molecule has 0 radical (unpaired) electrons. The number of furan rings is 1. The van der Waals surface area contributed by atoms with Gasteiger partial charge in [-0.25, -0.2) is 4.99 Å². The van der Waals surface area contributed by atoms with Gasteiger partial charge in [0.15, 0.2) is 5.96 Å². The van der Waals surface area contributed by atoms with Gasteiger partial charge in [-0.15, -0.1) is 24.0 Å². The van der Waals surface area contributed by atoms with Crippen molar-refractivity contribution in [2.45, 2.75) is 46.6 Å². The van der Waals surface area contributed by atoms with Crippen LogP contribution in [0.3, 0.4) is 0 Å². The SMILES string of the molecule is C/C=C/CCNC(=NCC(C)(O)c1cc(C)oc1C)NCC.I. The van der Waals surface area contributed by atoms with E-state index in [0.717, 1.165) is 36.6 Å². The highest BCUT2D eigenvalue weighted by atomic mass is 127. The van der Waals surface area contributed by atoms with Crippen LogP contribution in [0.1, 0.15) is 44.3 Å². The van der Waals surface area contributed by atoms with Crippen LogP contribution in [0.5, 0.6) is 0 Å². The first-order valence-corrected chi connectivity index (χ1v) is 7.84. The molecule has 3 N–H and O–H groups in total. The second-order valence-corrected chi connectivity index (χ2v) is 5.58. The van der Waals surface area contributed by atoms with E-state index in [9.17, 15) is 5.11 Å². The highest BCUT2D eigenvalue weighted by molar-refractivity contribution is 14.0. The first-order valence-electron chi connectivity index (χ1n) is 7.84. The van der Waals surface area contributed by atoms with E-state index in [1.54, 1.807) is 6.92 Å². The van der Waals surface area contributed by atoms with E-state index in [-0.39, 0.29) is 30.5 Å². The van der Waals surface area contributed by atoms with Gasteiger partial charge in [-0.1, -0.05) is 12.2 Å². The van der Waals surface area contributed by atoms with Gasteiger partial charge in [0, 0.05) is 18.7 Å². The molecule has 132 valence electrons. The number of hydrogen-bond acceptors (Lipinski definition) is 3. The van der Waals surface area contributed by atoms with Gasteiger partial charge in [0.1, 0.15) is 17.1 Å². The number of guanidine groups is 1. The molecule has 0 aliphatic rings. The highest BCUT2D eigenvalue weighted by Gasteiger charge is 2.27. The Morgan fingerprint density at radius 3 is 2.61 bits per heavy atom. The molecule has 0 saturated heterocycles. The summed E-state index contributed by atoms with van der Waals surface area (Å²) >= 11 is 0. The van der Waals surface area contributed by atoms with Gasteiger partial charge in [-0.2, -0.15) is 0 Å². The number of hydrogen-bond donors (Lipinski definition) is 3. The molecule has 1 aromatic heterocycles. The van der Waals surface area contributed by atoms with Crippen molar-refractivity contribution in [1.82, 2.24) is 10.6 Å². The summed E-state index contributed by atoms with van der Waals surface area (Å²) in [6, 6.07) is 1.87. The molecule has 23 heavy (non-hydrogen) atoms. The molecule has 1 unspecified atom stereocenters. The average Bonchev–Trinajstić information content (AvgIpc) is 2.80. The number of halogens is 1. The number of nitrogens with one attached hydrogen (secondary N) is 2. The minimum atomic E-state index is -1.05. The summed E-state index contributed by atoms with van der Waals surface area (Å²) < 4.78 is 5.50. The fourth-order valence-electron chi connectivity index (χ4n) is 2.27. The predicted molar refractivity (Wildman–Crippen MR) is 107 cm³/mol. The topological polar surface area (TPSA) is 69.8 Å². The maximum Gasteiger partial charge on any atom is 0.191 e. The summed E-state index contributed by atoms with van der Waals surface area (Å²) in [5.41, 5.74) is -0.258. The standard InChI is InChI=1S/C17H29N3O2.HI/c1-6-8-9-10-19-16(18-7-2)20-12-17(5,21)15-11-13(3)22-14(15)4;/h6,8,11,21H,7,9-10,12H2,1-5H3,(H2,18,19,20);1H/b8-6+;. The minimum absolute atomic E-state index is 0. The Labute approximate surface area is 156 Å². The number of rotatable bonds is 7. The van der Waals surface area contributed by atoms with E-state index < -0.39 is 5.60 Å². The van der Waals surface area contributed by atoms with Gasteiger partial charge in [0.05, 0.1) is 6.54 Å². The molecule has 0 fully saturated rings. The van der Waals surface area contributed by atoms with Crippen molar-refractivity contribution in [3.05, 3.63) is 35.3 Å². The van der Waals surface area contributed by atoms with E-state index in [1.165, 1.54) is 0 Å². The fraction of sp³-hybridized carbons (Fsp3) is 0.588. The van der Waals surface area contributed by atoms with Crippen molar-refractivity contribution in [3.8, 4) is 0 Å². The van der Waals surface area contributed by atoms with E-state index in [2.05, 4.69) is 21.7 Å². The molecule has 5 nitrogen and oxygen atoms in total. The monoisotopic (exact) mass is 435 g/mol. The quantitative estimate of drug-likeness (QED) is 0.202. The fourth-order valence-corrected chi connectivity index (χ4v) is 2.27. The van der Waals surface area contributed by atoms with E-state index in [4.69, 9.17) is 4.42 Å². The molecule has 0 saturated carbocycles. The maximum absolute atomic E-state index is 10.7. The van der Waals surface area contributed by atoms with E-state index in [1.807, 2.05) is 39.8 Å². The molecule has 1 rings (SSSR count). The molecule has 1 aromatic rings. The molecular weight excluding hydrogens is 405 g/mol. The van der Waals surface area contributed by atoms with Crippen LogP contribution in [-0.2, 0) is 5.60 Å². The Balaban J connectivity index is 0.00000484. The van der Waals surface area contributed by atoms with Crippen molar-refractivity contribution in [2.75, 3.05) is 19.6 Å². The summed E-state index contributed by atoms with van der Waals surface area (Å²) in [5.74, 6) is 2.25. The molecule has 0 aliphatic heterocycles. The zero-order chi connectivity index (χ0) is 16.6. The number of nitrogens with zero attached hydrogens (tertiary/aromatic N) is 1. The number of aryl methyl sites for hydroxylation is 2. The van der Waals surface area contributed by atoms with Crippen molar-refractivity contribution in [2.24, 2.45) is 4.99 Å². The van der Waals surface area contributed by atoms with Gasteiger partial charge in [0.25, 0.3) is 0 Å². The Morgan fingerprint density at radius 2 is 2.09 bits per heavy atom. The van der Waals surface area contributed by atoms with Crippen LogP contribution in [-0.4, -0.2) is 30.7 Å². The van der Waals surface area contributed by atoms with E-state index >= 15 is 0 Å². The lowest BCUT2D eigenvalue weighted by atomic mass is 9.96. The summed E-state index contributed by atoms with van der Waals surface area (Å²) in [7, 11) is 0. The summed E-state index contributed by atoms with van der Waals surface area (Å²) in [4.78, 5) is 4.49. The van der Waals surface area contributed by atoms with Crippen LogP contribution < -0.4 is 10.6 Å². The highest BCUT2D eigenvalue weighted by Crippen LogP contribution is 2.27. The van der Waals surface area contributed by atoms with Gasteiger partial charge >= 0.3 is 0 Å². The largest absolute Gasteiger partial charge is 0.466 e. The molecule has 1 atom stereocenters. The summed E-state index contributed by atoms with van der Waals surface area (Å²) in [6.45, 7) is 11.4. The third-order valence-corrected chi connectivity index (χ3v) is 3.35. The van der Waals surface area contributed by atoms with E-state index in [0.29, 0.717) is 5.96 Å². The lowest BCUT2D eigenvalue weighted by Gasteiger charge is -2.21. The smallest absolute Gasteiger partial charge is 0.191 e. The first kappa shape index (κ1) is 22.0. The predicted octanol–water partition coefficient (Wildman–Crippen LogP) is 3.24. The van der Waals surface area contributed by atoms with Crippen LogP contribution in [0, 0.1) is 13.8 Å². The zero-order valence-corrected chi connectivity index (χ0v) is 17.1. The van der Waals surface area contributed by atoms with Crippen molar-refractivity contribution in [1.29, 1.82) is 0 Å². The Hall–Kier alpha value is -1.02. The maximum atomic E-state index is 10.7. The second kappa shape index (κ2) is 10.7. The molecule has 1 heterocycles. The van der Waals surface area contributed by atoms with Crippen LogP contribution in [0.4, 0.5) is 0 Å². The minimum Gasteiger partial charge on any atom is -0.466 e. The van der Waals surface area contributed by atoms with Crippen molar-refractivity contribution in [3.63, 3.8) is 0 Å². The Morgan fingerprint density at radius 1 is 1.39 bits per heavy atom. The van der Waals surface area contributed by atoms with Gasteiger partial charge in [-0.3, -0.25) is 0 Å². The van der Waals surface area contributed by atoms with Crippen LogP contribution in [0.25, 0.3) is 0 Å². The van der Waals surface area contributed by atoms with Crippen molar-refractivity contribution >= 4 is 29.9 Å². The molecule has 0 aromatic carbocycles. The normalized spacial score (nSPS) is 14.4. The van der Waals surface area contributed by atoms with Gasteiger partial charge in [0.2, 0.25) is 0 Å². The van der Waals surface area contributed by atoms with Crippen LogP contribution in [0.15, 0.2) is 27.6 Å². The molecular formula is C17H30IN3O2. The van der Waals surface area contributed by atoms with Crippen molar-refractivity contribution < 1.29 is 9.52 Å². The summed E-state index contributed by atoms with van der Waals surface area (Å²) in [6.07, 6.45) is 5.07. The Bertz CT molecular complexity index is 522. The lowest BCUT2D eigenvalue weighted by Crippen LogP contribution is -2.39. The second-order valence-electron chi connectivity index (χ2n) is 5.58. The van der Waals surface area contributed by atoms with Gasteiger partial charge in [-0.05, 0) is 47.1 Å². The number of allylic oxidation sites excluding steroid dienone is 1. The average molecular weight is 435 g/mol. The van der Waals surface area contributed by atoms with Crippen LogP contribution >= 0.6 is 24.0 Å². The Kier molecular flexibility index (Phi) is 10.2. The zero-order valence-electron chi connectivity index (χ0n) is 14.8.